The van der Waals surface area contributed by atoms with Crippen LogP contribution in [0.15, 0.2) is 29.2 Å². The van der Waals surface area contributed by atoms with Crippen molar-refractivity contribution < 1.29 is 13.2 Å². The summed E-state index contributed by atoms with van der Waals surface area (Å²) in [5.41, 5.74) is 1.04. The smallest absolute Gasteiger partial charge is 0.317 e. The van der Waals surface area contributed by atoms with Gasteiger partial charge in [-0.1, -0.05) is 38.5 Å². The van der Waals surface area contributed by atoms with Crippen molar-refractivity contribution in [1.29, 1.82) is 0 Å². The molecule has 1 aromatic rings. The Labute approximate surface area is 144 Å². The summed E-state index contributed by atoms with van der Waals surface area (Å²) in [6.45, 7) is 10.1. The highest BCUT2D eigenvalue weighted by molar-refractivity contribution is 7.89. The second-order valence-corrected chi connectivity index (χ2v) is 9.36. The van der Waals surface area contributed by atoms with Crippen molar-refractivity contribution in [3.63, 3.8) is 0 Å². The van der Waals surface area contributed by atoms with Gasteiger partial charge in [-0.15, -0.1) is 0 Å². The van der Waals surface area contributed by atoms with Gasteiger partial charge in [0.25, 0.3) is 0 Å². The SMILES string of the molecule is Cc1ccc(S(=O)(=O)N2CCN(C(=O)NCC(C)(C)C)CC2)cc1. The van der Waals surface area contributed by atoms with Gasteiger partial charge in [-0.25, -0.2) is 13.2 Å². The maximum absolute atomic E-state index is 12.6. The summed E-state index contributed by atoms with van der Waals surface area (Å²) in [4.78, 5) is 14.1. The third-order valence-electron chi connectivity index (χ3n) is 3.95. The number of piperazine rings is 1. The molecule has 1 fully saturated rings. The van der Waals surface area contributed by atoms with E-state index in [2.05, 4.69) is 26.1 Å². The third-order valence-corrected chi connectivity index (χ3v) is 5.87. The number of carbonyl (C=O) groups excluding carboxylic acids is 1. The number of nitrogens with one attached hydrogen (secondary N) is 1. The van der Waals surface area contributed by atoms with Crippen LogP contribution in [0.1, 0.15) is 26.3 Å². The normalized spacial score (nSPS) is 16.9. The third kappa shape index (κ3) is 4.70. The van der Waals surface area contributed by atoms with Gasteiger partial charge in [0.15, 0.2) is 0 Å². The molecule has 1 heterocycles. The average molecular weight is 353 g/mol. The van der Waals surface area contributed by atoms with Crippen LogP contribution >= 0.6 is 0 Å². The van der Waals surface area contributed by atoms with E-state index in [1.54, 1.807) is 29.2 Å². The number of benzene rings is 1. The first kappa shape index (κ1) is 18.7. The first-order valence-corrected chi connectivity index (χ1v) is 9.63. The molecule has 0 aromatic heterocycles. The highest BCUT2D eigenvalue weighted by Crippen LogP contribution is 2.18. The number of urea groups is 1. The van der Waals surface area contributed by atoms with E-state index in [0.29, 0.717) is 37.6 Å². The Morgan fingerprint density at radius 1 is 1.08 bits per heavy atom. The molecule has 0 aliphatic carbocycles. The molecular formula is C17H27N3O3S. The van der Waals surface area contributed by atoms with Crippen LogP contribution in [0, 0.1) is 12.3 Å². The van der Waals surface area contributed by atoms with E-state index in [1.165, 1.54) is 4.31 Å². The Morgan fingerprint density at radius 3 is 2.12 bits per heavy atom. The van der Waals surface area contributed by atoms with E-state index < -0.39 is 10.0 Å². The Hall–Kier alpha value is -1.60. The fourth-order valence-corrected chi connectivity index (χ4v) is 3.87. The topological polar surface area (TPSA) is 69.7 Å². The van der Waals surface area contributed by atoms with E-state index in [0.717, 1.165) is 5.56 Å². The number of hydrogen-bond donors (Lipinski definition) is 1. The van der Waals surface area contributed by atoms with Gasteiger partial charge in [-0.05, 0) is 24.5 Å². The van der Waals surface area contributed by atoms with Gasteiger partial charge in [0.05, 0.1) is 4.90 Å². The zero-order chi connectivity index (χ0) is 18.0. The van der Waals surface area contributed by atoms with Gasteiger partial charge >= 0.3 is 6.03 Å². The van der Waals surface area contributed by atoms with Crippen molar-refractivity contribution in [2.75, 3.05) is 32.7 Å². The summed E-state index contributed by atoms with van der Waals surface area (Å²) >= 11 is 0. The van der Waals surface area contributed by atoms with Gasteiger partial charge in [0, 0.05) is 32.7 Å². The van der Waals surface area contributed by atoms with Gasteiger partial charge in [-0.2, -0.15) is 4.31 Å². The van der Waals surface area contributed by atoms with Gasteiger partial charge in [0.1, 0.15) is 0 Å². The average Bonchev–Trinajstić information content (AvgIpc) is 2.52. The number of carbonyl (C=O) groups is 1. The van der Waals surface area contributed by atoms with E-state index >= 15 is 0 Å². The Kier molecular flexibility index (Phi) is 5.55. The van der Waals surface area contributed by atoms with Crippen LogP contribution in [-0.4, -0.2) is 56.4 Å². The molecular weight excluding hydrogens is 326 g/mol. The number of aryl methyl sites for hydroxylation is 1. The summed E-state index contributed by atoms with van der Waals surface area (Å²) in [7, 11) is -3.49. The number of amides is 2. The first-order valence-electron chi connectivity index (χ1n) is 8.19. The van der Waals surface area contributed by atoms with Crippen LogP contribution in [0.2, 0.25) is 0 Å². The molecule has 2 rings (SSSR count). The molecule has 1 aromatic carbocycles. The number of rotatable bonds is 3. The zero-order valence-electron chi connectivity index (χ0n) is 14.9. The Balaban J connectivity index is 1.94. The van der Waals surface area contributed by atoms with Crippen molar-refractivity contribution >= 4 is 16.1 Å². The molecule has 0 unspecified atom stereocenters. The van der Waals surface area contributed by atoms with Crippen molar-refractivity contribution in [3.05, 3.63) is 29.8 Å². The van der Waals surface area contributed by atoms with Crippen LogP contribution in [0.3, 0.4) is 0 Å². The minimum absolute atomic E-state index is 0.0201. The lowest BCUT2D eigenvalue weighted by Gasteiger charge is -2.34. The van der Waals surface area contributed by atoms with Crippen molar-refractivity contribution in [3.8, 4) is 0 Å². The molecule has 6 nitrogen and oxygen atoms in total. The Morgan fingerprint density at radius 2 is 1.62 bits per heavy atom. The van der Waals surface area contributed by atoms with Gasteiger partial charge in [0.2, 0.25) is 10.0 Å². The molecule has 0 spiro atoms. The molecule has 1 saturated heterocycles. The molecule has 2 amide bonds. The summed E-state index contributed by atoms with van der Waals surface area (Å²) in [6.07, 6.45) is 0. The summed E-state index contributed by atoms with van der Waals surface area (Å²) in [5.74, 6) is 0. The van der Waals surface area contributed by atoms with E-state index in [1.807, 2.05) is 6.92 Å². The molecule has 1 N–H and O–H groups in total. The highest BCUT2D eigenvalue weighted by atomic mass is 32.2. The molecule has 1 aliphatic rings. The second-order valence-electron chi connectivity index (χ2n) is 7.42. The predicted octanol–water partition coefficient (Wildman–Crippen LogP) is 2.06. The highest BCUT2D eigenvalue weighted by Gasteiger charge is 2.30. The molecule has 0 saturated carbocycles. The summed E-state index contributed by atoms with van der Waals surface area (Å²) in [6, 6.07) is 6.73. The minimum Gasteiger partial charge on any atom is -0.337 e. The summed E-state index contributed by atoms with van der Waals surface area (Å²) < 4.78 is 26.7. The summed E-state index contributed by atoms with van der Waals surface area (Å²) in [5, 5.41) is 2.90. The van der Waals surface area contributed by atoms with E-state index in [9.17, 15) is 13.2 Å². The van der Waals surface area contributed by atoms with Crippen LogP contribution in [0.25, 0.3) is 0 Å². The maximum atomic E-state index is 12.6. The lowest BCUT2D eigenvalue weighted by molar-refractivity contribution is 0.169. The molecule has 1 aliphatic heterocycles. The van der Waals surface area contributed by atoms with E-state index in [4.69, 9.17) is 0 Å². The van der Waals surface area contributed by atoms with E-state index in [-0.39, 0.29) is 11.4 Å². The number of hydrogen-bond acceptors (Lipinski definition) is 3. The Bertz CT molecular complexity index is 670. The number of nitrogens with zero attached hydrogens (tertiary/aromatic N) is 2. The fraction of sp³-hybridized carbons (Fsp3) is 0.588. The standard InChI is InChI=1S/C17H27N3O3S/c1-14-5-7-15(8-6-14)24(22,23)20-11-9-19(10-12-20)16(21)18-13-17(2,3)4/h5-8H,9-13H2,1-4H3,(H,18,21). The zero-order valence-corrected chi connectivity index (χ0v) is 15.7. The monoisotopic (exact) mass is 353 g/mol. The molecule has 7 heteroatoms. The minimum atomic E-state index is -3.49. The number of sulfonamides is 1. The second kappa shape index (κ2) is 7.11. The first-order chi connectivity index (χ1) is 11.1. The van der Waals surface area contributed by atoms with Crippen LogP contribution in [0.5, 0.6) is 0 Å². The quantitative estimate of drug-likeness (QED) is 0.904. The maximum Gasteiger partial charge on any atom is 0.317 e. The molecule has 134 valence electrons. The van der Waals surface area contributed by atoms with Crippen LogP contribution < -0.4 is 5.32 Å². The molecule has 0 atom stereocenters. The molecule has 24 heavy (non-hydrogen) atoms. The molecule has 0 radical (unpaired) electrons. The van der Waals surface area contributed by atoms with Crippen LogP contribution in [0.4, 0.5) is 4.79 Å². The fourth-order valence-electron chi connectivity index (χ4n) is 2.44. The van der Waals surface area contributed by atoms with Crippen molar-refractivity contribution in [2.24, 2.45) is 5.41 Å². The van der Waals surface area contributed by atoms with Gasteiger partial charge in [-0.3, -0.25) is 0 Å². The molecule has 0 bridgehead atoms. The lowest BCUT2D eigenvalue weighted by atomic mass is 9.97. The van der Waals surface area contributed by atoms with Crippen molar-refractivity contribution in [1.82, 2.24) is 14.5 Å². The van der Waals surface area contributed by atoms with Crippen LogP contribution in [-0.2, 0) is 10.0 Å². The predicted molar refractivity (Wildman–Crippen MR) is 94.4 cm³/mol. The largest absolute Gasteiger partial charge is 0.337 e. The lowest BCUT2D eigenvalue weighted by Crippen LogP contribution is -2.53. The van der Waals surface area contributed by atoms with Gasteiger partial charge < -0.3 is 10.2 Å². The van der Waals surface area contributed by atoms with Crippen molar-refractivity contribution in [2.45, 2.75) is 32.6 Å².